The van der Waals surface area contributed by atoms with E-state index in [4.69, 9.17) is 19.4 Å². The number of aromatic nitrogens is 3. The van der Waals surface area contributed by atoms with Crippen LogP contribution >= 0.6 is 0 Å². The highest BCUT2D eigenvalue weighted by Crippen LogP contribution is 2.39. The Balaban J connectivity index is 1.41. The summed E-state index contributed by atoms with van der Waals surface area (Å²) in [6.45, 7) is 10.5. The lowest BCUT2D eigenvalue weighted by Crippen LogP contribution is -2.08. The molecule has 1 aliphatic rings. The Bertz CT molecular complexity index is 2450. The number of hydrogen-bond donors (Lipinski definition) is 0. The molecule has 0 aliphatic heterocycles. The molecule has 51 heavy (non-hydrogen) atoms. The Kier molecular flexibility index (Phi) is 9.94. The molecule has 0 saturated heterocycles. The number of furan rings is 1. The summed E-state index contributed by atoms with van der Waals surface area (Å²) in [5, 5.41) is 3.36. The van der Waals surface area contributed by atoms with Crippen LogP contribution in [-0.2, 0) is 12.8 Å². The minimum absolute atomic E-state index is 0.572. The molecule has 0 spiro atoms. The first-order chi connectivity index (χ1) is 25.1. The van der Waals surface area contributed by atoms with Gasteiger partial charge in [0, 0.05) is 34.1 Å². The Morgan fingerprint density at radius 1 is 0.804 bits per heavy atom. The average molecular weight is 664 g/mol. The maximum atomic E-state index is 6.35. The zero-order chi connectivity index (χ0) is 35.2. The molecule has 6 aromatic rings. The first-order valence-corrected chi connectivity index (χ1v) is 17.6. The van der Waals surface area contributed by atoms with Gasteiger partial charge < -0.3 is 4.42 Å². The smallest absolute Gasteiger partial charge is 0.164 e. The molecule has 250 valence electrons. The summed E-state index contributed by atoms with van der Waals surface area (Å²) < 4.78 is 6.35. The predicted octanol–water partition coefficient (Wildman–Crippen LogP) is 12.2. The van der Waals surface area contributed by atoms with Gasteiger partial charge in [-0.3, -0.25) is 0 Å². The Labute approximate surface area is 300 Å². The molecular formula is C47H41N3O. The van der Waals surface area contributed by atoms with Gasteiger partial charge in [-0.05, 0) is 79.3 Å². The van der Waals surface area contributed by atoms with Crippen molar-refractivity contribution in [3.63, 3.8) is 0 Å². The summed E-state index contributed by atoms with van der Waals surface area (Å²) in [5.74, 6) is 2.77. The number of nitrogens with zero attached hydrogens (tertiary/aromatic N) is 3. The molecule has 0 unspecified atom stereocenters. The second kappa shape index (κ2) is 15.2. The number of rotatable bonds is 10. The lowest BCUT2D eigenvalue weighted by atomic mass is 9.93. The topological polar surface area (TPSA) is 51.8 Å². The van der Waals surface area contributed by atoms with Crippen molar-refractivity contribution in [3.05, 3.63) is 185 Å². The van der Waals surface area contributed by atoms with Crippen LogP contribution in [0.5, 0.6) is 0 Å². The van der Waals surface area contributed by atoms with Crippen LogP contribution in [0.2, 0.25) is 0 Å². The molecule has 1 aliphatic carbocycles. The lowest BCUT2D eigenvalue weighted by molar-refractivity contribution is 0.545. The van der Waals surface area contributed by atoms with Gasteiger partial charge in [-0.2, -0.15) is 0 Å². The largest absolute Gasteiger partial charge is 0.460 e. The first kappa shape index (κ1) is 33.4. The maximum Gasteiger partial charge on any atom is 0.164 e. The minimum atomic E-state index is 0.572. The van der Waals surface area contributed by atoms with Gasteiger partial charge in [-0.15, -0.1) is 0 Å². The Morgan fingerprint density at radius 2 is 1.61 bits per heavy atom. The van der Waals surface area contributed by atoms with Crippen LogP contribution in [0.3, 0.4) is 0 Å². The van der Waals surface area contributed by atoms with E-state index in [1.165, 1.54) is 11.1 Å². The predicted molar refractivity (Wildman–Crippen MR) is 215 cm³/mol. The summed E-state index contributed by atoms with van der Waals surface area (Å²) in [7, 11) is 0. The quantitative estimate of drug-likeness (QED) is 0.137. The Hall–Kier alpha value is -6.13. The van der Waals surface area contributed by atoms with E-state index < -0.39 is 0 Å². The maximum absolute atomic E-state index is 6.35. The van der Waals surface area contributed by atoms with Crippen LogP contribution in [0.25, 0.3) is 56.4 Å². The third kappa shape index (κ3) is 7.13. The molecule has 2 aromatic heterocycles. The number of aryl methyl sites for hydroxylation is 1. The van der Waals surface area contributed by atoms with Gasteiger partial charge in [-0.1, -0.05) is 140 Å². The van der Waals surface area contributed by atoms with Crippen molar-refractivity contribution in [2.75, 3.05) is 0 Å². The van der Waals surface area contributed by atoms with E-state index in [1.54, 1.807) is 0 Å². The van der Waals surface area contributed by atoms with Gasteiger partial charge in [0.15, 0.2) is 17.5 Å². The zero-order valence-electron chi connectivity index (χ0n) is 29.4. The standard InChI is InChI=1S/C47H41N3O/c1-5-8-10-18-34-21-15-22-35-27-28-38(31-41(34)35)46-48-45(33(7-3)30-37-20-12-11-19-36(37)29-32(4)17-9-6-2)49-47(50-46)40-24-16-26-43-44(40)39-23-13-14-25-42(39)51-43/h5-15,17-25,27-28,30-31H,3,16,26,29H2,1-2,4H3/b8-5-,9-6-,18-10-,32-17+,33-30+. The van der Waals surface area contributed by atoms with Crippen LogP contribution in [0, 0.1) is 0 Å². The van der Waals surface area contributed by atoms with Crippen molar-refractivity contribution >= 4 is 45.0 Å². The molecule has 0 bridgehead atoms. The van der Waals surface area contributed by atoms with Crippen molar-refractivity contribution in [1.82, 2.24) is 15.0 Å². The van der Waals surface area contributed by atoms with Crippen LogP contribution in [-0.4, -0.2) is 15.0 Å². The van der Waals surface area contributed by atoms with Crippen LogP contribution < -0.4 is 0 Å². The molecule has 0 saturated carbocycles. The van der Waals surface area contributed by atoms with E-state index in [0.717, 1.165) is 80.2 Å². The molecule has 4 heteroatoms. The van der Waals surface area contributed by atoms with E-state index >= 15 is 0 Å². The number of fused-ring (bicyclic) bond motifs is 4. The highest BCUT2D eigenvalue weighted by atomic mass is 16.3. The van der Waals surface area contributed by atoms with Crippen LogP contribution in [0.1, 0.15) is 66.9 Å². The van der Waals surface area contributed by atoms with E-state index in [2.05, 4.69) is 129 Å². The fraction of sp³-hybridized carbons (Fsp3) is 0.128. The van der Waals surface area contributed by atoms with Crippen molar-refractivity contribution < 1.29 is 4.42 Å². The number of hydrogen-bond acceptors (Lipinski definition) is 4. The highest BCUT2D eigenvalue weighted by Gasteiger charge is 2.25. The molecule has 4 nitrogen and oxygen atoms in total. The normalized spacial score (nSPS) is 13.9. The minimum Gasteiger partial charge on any atom is -0.460 e. The second-order valence-electron chi connectivity index (χ2n) is 12.7. The Morgan fingerprint density at radius 3 is 2.47 bits per heavy atom. The van der Waals surface area contributed by atoms with Crippen molar-refractivity contribution in [3.8, 4) is 11.4 Å². The summed E-state index contributed by atoms with van der Waals surface area (Å²) in [5.41, 5.74) is 9.39. The molecule has 4 aromatic carbocycles. The van der Waals surface area contributed by atoms with Gasteiger partial charge in [0.1, 0.15) is 11.3 Å². The molecular weight excluding hydrogens is 623 g/mol. The van der Waals surface area contributed by atoms with Crippen molar-refractivity contribution in [2.24, 2.45) is 0 Å². The van der Waals surface area contributed by atoms with Gasteiger partial charge in [-0.25, -0.2) is 15.0 Å². The third-order valence-corrected chi connectivity index (χ3v) is 9.17. The van der Waals surface area contributed by atoms with Crippen LogP contribution in [0.15, 0.2) is 150 Å². The highest BCUT2D eigenvalue weighted by molar-refractivity contribution is 5.98. The molecule has 0 radical (unpaired) electrons. The summed E-state index contributed by atoms with van der Waals surface area (Å²) in [6.07, 6.45) is 23.3. The van der Waals surface area contributed by atoms with Crippen molar-refractivity contribution in [2.45, 2.75) is 40.0 Å². The molecule has 2 heterocycles. The fourth-order valence-corrected chi connectivity index (χ4v) is 6.66. The number of allylic oxidation sites excluding steroid dienone is 10. The van der Waals surface area contributed by atoms with E-state index in [0.29, 0.717) is 17.5 Å². The third-order valence-electron chi connectivity index (χ3n) is 9.17. The second-order valence-corrected chi connectivity index (χ2v) is 12.7. The van der Waals surface area contributed by atoms with E-state index in [-0.39, 0.29) is 0 Å². The van der Waals surface area contributed by atoms with Gasteiger partial charge in [0.25, 0.3) is 0 Å². The average Bonchev–Trinajstić information content (AvgIpc) is 3.55. The molecule has 0 atom stereocenters. The molecule has 0 amide bonds. The molecule has 7 rings (SSSR count). The molecule has 0 fully saturated rings. The fourth-order valence-electron chi connectivity index (χ4n) is 6.66. The van der Waals surface area contributed by atoms with Gasteiger partial charge in [0.2, 0.25) is 0 Å². The lowest BCUT2D eigenvalue weighted by Gasteiger charge is -2.15. The SMILES string of the molecule is C=C/C(=C\c1ccccc1C/C(C)=C/C=C\C)c1nc(C2=CCCc3oc4ccccc4c32)nc(-c2ccc3cccc(/C=C\C=C/C)c3c2)n1. The number of benzene rings is 4. The van der Waals surface area contributed by atoms with Gasteiger partial charge in [0.05, 0.1) is 0 Å². The zero-order valence-corrected chi connectivity index (χ0v) is 29.4. The van der Waals surface area contributed by atoms with Gasteiger partial charge >= 0.3 is 0 Å². The summed E-state index contributed by atoms with van der Waals surface area (Å²) in [6, 6.07) is 29.5. The molecule has 0 N–H and O–H groups in total. The van der Waals surface area contributed by atoms with Crippen molar-refractivity contribution in [1.29, 1.82) is 0 Å². The summed E-state index contributed by atoms with van der Waals surface area (Å²) >= 11 is 0. The van der Waals surface area contributed by atoms with E-state index in [1.807, 2.05) is 44.2 Å². The van der Waals surface area contributed by atoms with E-state index in [9.17, 15) is 0 Å². The monoisotopic (exact) mass is 663 g/mol. The van der Waals surface area contributed by atoms with Crippen LogP contribution in [0.4, 0.5) is 0 Å². The number of para-hydroxylation sites is 1. The first-order valence-electron chi connectivity index (χ1n) is 17.6. The summed E-state index contributed by atoms with van der Waals surface area (Å²) in [4.78, 5) is 15.5.